The van der Waals surface area contributed by atoms with E-state index in [4.69, 9.17) is 16.3 Å². The molecule has 0 bridgehead atoms. The van der Waals surface area contributed by atoms with E-state index in [2.05, 4.69) is 11.4 Å². The third-order valence-electron chi connectivity index (χ3n) is 4.01. The molecule has 0 amide bonds. The van der Waals surface area contributed by atoms with Gasteiger partial charge in [0.15, 0.2) is 0 Å². The van der Waals surface area contributed by atoms with Crippen molar-refractivity contribution in [2.75, 3.05) is 19.7 Å². The quantitative estimate of drug-likeness (QED) is 0.908. The Morgan fingerprint density at radius 3 is 2.80 bits per heavy atom. The molecular weight excluding hydrogens is 270 g/mol. The molecule has 2 aromatic carbocycles. The van der Waals surface area contributed by atoms with E-state index in [0.717, 1.165) is 47.0 Å². The maximum Gasteiger partial charge on any atom is 0.127 e. The Balaban J connectivity index is 1.67. The van der Waals surface area contributed by atoms with Gasteiger partial charge >= 0.3 is 0 Å². The minimum absolute atomic E-state index is 0.752. The summed E-state index contributed by atoms with van der Waals surface area (Å²) >= 11 is 6.22. The third kappa shape index (κ3) is 3.08. The van der Waals surface area contributed by atoms with E-state index in [1.54, 1.807) is 0 Å². The Morgan fingerprint density at radius 1 is 1.15 bits per heavy atom. The number of hydrogen-bond donors (Lipinski definition) is 1. The summed E-state index contributed by atoms with van der Waals surface area (Å²) in [6.07, 6.45) is 3.72. The fourth-order valence-electron chi connectivity index (χ4n) is 2.87. The second-order valence-electron chi connectivity index (χ2n) is 5.44. The molecule has 1 aliphatic rings. The number of halogens is 1. The highest BCUT2D eigenvalue weighted by Gasteiger charge is 2.13. The van der Waals surface area contributed by atoms with E-state index in [-0.39, 0.29) is 0 Å². The second-order valence-corrected chi connectivity index (χ2v) is 5.85. The van der Waals surface area contributed by atoms with Crippen molar-refractivity contribution in [2.45, 2.75) is 19.3 Å². The molecule has 1 N–H and O–H groups in total. The van der Waals surface area contributed by atoms with Crippen molar-refractivity contribution in [1.29, 1.82) is 0 Å². The first-order valence-electron chi connectivity index (χ1n) is 7.35. The maximum atomic E-state index is 6.22. The van der Waals surface area contributed by atoms with Crippen LogP contribution in [-0.2, 0) is 0 Å². The van der Waals surface area contributed by atoms with Gasteiger partial charge < -0.3 is 10.1 Å². The van der Waals surface area contributed by atoms with Crippen LogP contribution < -0.4 is 10.1 Å². The van der Waals surface area contributed by atoms with Crippen molar-refractivity contribution in [3.8, 4) is 5.75 Å². The molecule has 0 aliphatic carbocycles. The van der Waals surface area contributed by atoms with Crippen LogP contribution in [0, 0.1) is 5.92 Å². The van der Waals surface area contributed by atoms with Crippen LogP contribution in [0.15, 0.2) is 36.4 Å². The number of rotatable bonds is 4. The van der Waals surface area contributed by atoms with Crippen LogP contribution in [0.5, 0.6) is 5.75 Å². The molecule has 0 unspecified atom stereocenters. The van der Waals surface area contributed by atoms with Gasteiger partial charge in [-0.3, -0.25) is 0 Å². The lowest BCUT2D eigenvalue weighted by Crippen LogP contribution is -2.30. The van der Waals surface area contributed by atoms with E-state index in [1.165, 1.54) is 19.4 Å². The summed E-state index contributed by atoms with van der Waals surface area (Å²) in [6.45, 7) is 3.07. The van der Waals surface area contributed by atoms with Gasteiger partial charge in [0, 0.05) is 15.8 Å². The van der Waals surface area contributed by atoms with Crippen molar-refractivity contribution in [2.24, 2.45) is 5.92 Å². The number of hydrogen-bond acceptors (Lipinski definition) is 2. The van der Waals surface area contributed by atoms with Crippen LogP contribution >= 0.6 is 11.6 Å². The molecular formula is C17H20ClNO. The first-order chi connectivity index (χ1) is 9.84. The third-order valence-corrected chi connectivity index (χ3v) is 4.34. The molecule has 2 nitrogen and oxygen atoms in total. The van der Waals surface area contributed by atoms with E-state index < -0.39 is 0 Å². The summed E-state index contributed by atoms with van der Waals surface area (Å²) in [7, 11) is 0. The Bertz CT molecular complexity index is 578. The Labute approximate surface area is 125 Å². The molecule has 3 rings (SSSR count). The van der Waals surface area contributed by atoms with Crippen molar-refractivity contribution < 1.29 is 4.74 Å². The van der Waals surface area contributed by atoms with Crippen molar-refractivity contribution in [1.82, 2.24) is 5.32 Å². The summed E-state index contributed by atoms with van der Waals surface area (Å²) in [5.41, 5.74) is 0. The van der Waals surface area contributed by atoms with Gasteiger partial charge in [-0.05, 0) is 50.4 Å². The second kappa shape index (κ2) is 6.47. The van der Waals surface area contributed by atoms with E-state index in [0.29, 0.717) is 0 Å². The topological polar surface area (TPSA) is 21.3 Å². The molecule has 0 spiro atoms. The Hall–Kier alpha value is -1.25. The lowest BCUT2D eigenvalue weighted by Gasteiger charge is -2.22. The number of nitrogens with one attached hydrogen (secondary N) is 1. The predicted octanol–water partition coefficient (Wildman–Crippen LogP) is 4.26. The van der Waals surface area contributed by atoms with E-state index in [9.17, 15) is 0 Å². The molecule has 1 fully saturated rings. The first-order valence-corrected chi connectivity index (χ1v) is 7.73. The number of fused-ring (bicyclic) bond motifs is 1. The number of ether oxygens (including phenoxy) is 1. The summed E-state index contributed by atoms with van der Waals surface area (Å²) in [4.78, 5) is 0. The highest BCUT2D eigenvalue weighted by atomic mass is 35.5. The van der Waals surface area contributed by atoms with Crippen LogP contribution in [0.3, 0.4) is 0 Å². The molecule has 1 heterocycles. The zero-order chi connectivity index (χ0) is 13.8. The van der Waals surface area contributed by atoms with Gasteiger partial charge in [-0.25, -0.2) is 0 Å². The number of piperidine rings is 1. The van der Waals surface area contributed by atoms with Gasteiger partial charge in [0.25, 0.3) is 0 Å². The molecule has 1 atom stereocenters. The summed E-state index contributed by atoms with van der Waals surface area (Å²) < 4.78 is 5.99. The molecule has 0 radical (unpaired) electrons. The predicted molar refractivity (Wildman–Crippen MR) is 84.7 cm³/mol. The van der Waals surface area contributed by atoms with Crippen molar-refractivity contribution in [3.05, 3.63) is 41.4 Å². The van der Waals surface area contributed by atoms with E-state index >= 15 is 0 Å². The molecule has 1 aliphatic heterocycles. The minimum Gasteiger partial charge on any atom is -0.493 e. The van der Waals surface area contributed by atoms with Crippen LogP contribution in [0.4, 0.5) is 0 Å². The van der Waals surface area contributed by atoms with Crippen molar-refractivity contribution >= 4 is 22.4 Å². The molecule has 0 aromatic heterocycles. The molecule has 20 heavy (non-hydrogen) atoms. The SMILES string of the molecule is Clc1ccc(OCC[C@@H]2CCCNC2)c2ccccc12. The van der Waals surface area contributed by atoms with Crippen LogP contribution in [0.2, 0.25) is 5.02 Å². The van der Waals surface area contributed by atoms with Crippen LogP contribution in [0.25, 0.3) is 10.8 Å². The monoisotopic (exact) mass is 289 g/mol. The lowest BCUT2D eigenvalue weighted by molar-refractivity contribution is 0.256. The normalized spacial score (nSPS) is 19.1. The molecule has 106 valence electrons. The van der Waals surface area contributed by atoms with Gasteiger partial charge in [0.1, 0.15) is 5.75 Å². The zero-order valence-electron chi connectivity index (χ0n) is 11.6. The maximum absolute atomic E-state index is 6.22. The standard InChI is InChI=1S/C17H20ClNO/c18-16-7-8-17(15-6-2-1-5-14(15)16)20-11-9-13-4-3-10-19-12-13/h1-2,5-8,13,19H,3-4,9-12H2/t13-/m0/s1. The highest BCUT2D eigenvalue weighted by Crippen LogP contribution is 2.31. The Kier molecular flexibility index (Phi) is 4.44. The van der Waals surface area contributed by atoms with Crippen LogP contribution in [-0.4, -0.2) is 19.7 Å². The van der Waals surface area contributed by atoms with Gasteiger partial charge in [0.05, 0.1) is 6.61 Å². The molecule has 2 aromatic rings. The average Bonchev–Trinajstić information content (AvgIpc) is 2.51. The molecule has 1 saturated heterocycles. The fraction of sp³-hybridized carbons (Fsp3) is 0.412. The van der Waals surface area contributed by atoms with E-state index in [1.807, 2.05) is 30.3 Å². The van der Waals surface area contributed by atoms with Gasteiger partial charge in [-0.1, -0.05) is 35.9 Å². The van der Waals surface area contributed by atoms with Crippen molar-refractivity contribution in [3.63, 3.8) is 0 Å². The smallest absolute Gasteiger partial charge is 0.127 e. The average molecular weight is 290 g/mol. The van der Waals surface area contributed by atoms with Crippen LogP contribution in [0.1, 0.15) is 19.3 Å². The zero-order valence-corrected chi connectivity index (χ0v) is 12.3. The summed E-state index contributed by atoms with van der Waals surface area (Å²) in [5, 5.41) is 6.39. The Morgan fingerprint density at radius 2 is 2.00 bits per heavy atom. The highest BCUT2D eigenvalue weighted by molar-refractivity contribution is 6.35. The summed E-state index contributed by atoms with van der Waals surface area (Å²) in [6, 6.07) is 12.0. The van der Waals surface area contributed by atoms with Gasteiger partial charge in [-0.2, -0.15) is 0 Å². The first kappa shape index (κ1) is 13.7. The fourth-order valence-corrected chi connectivity index (χ4v) is 3.09. The molecule has 0 saturated carbocycles. The largest absolute Gasteiger partial charge is 0.493 e. The van der Waals surface area contributed by atoms with Gasteiger partial charge in [0.2, 0.25) is 0 Å². The van der Waals surface area contributed by atoms with Gasteiger partial charge in [-0.15, -0.1) is 0 Å². The lowest BCUT2D eigenvalue weighted by atomic mass is 9.97. The minimum atomic E-state index is 0.752. The molecule has 3 heteroatoms. The number of benzene rings is 2. The summed E-state index contributed by atoms with van der Waals surface area (Å²) in [5.74, 6) is 1.69.